The maximum Gasteiger partial charge on any atom is 0.231 e. The van der Waals surface area contributed by atoms with Crippen molar-refractivity contribution in [2.45, 2.75) is 25.3 Å². The van der Waals surface area contributed by atoms with Crippen LogP contribution in [0.15, 0.2) is 29.8 Å². The number of anilines is 2. The van der Waals surface area contributed by atoms with E-state index in [1.165, 1.54) is 0 Å². The topological polar surface area (TPSA) is 84.1 Å². The number of nitrogens with one attached hydrogen (secondary N) is 1. The summed E-state index contributed by atoms with van der Waals surface area (Å²) in [4.78, 5) is 22.3. The van der Waals surface area contributed by atoms with E-state index in [2.05, 4.69) is 25.6 Å². The van der Waals surface area contributed by atoms with Gasteiger partial charge in [-0.25, -0.2) is 9.97 Å². The van der Waals surface area contributed by atoms with E-state index in [-0.39, 0.29) is 11.9 Å². The zero-order chi connectivity index (χ0) is 15.4. The molecule has 0 radical (unpaired) electrons. The molecule has 0 unspecified atom stereocenters. The molecule has 6 nitrogen and oxygen atoms in total. The molecule has 7 heteroatoms. The average Bonchev–Trinajstić information content (AvgIpc) is 2.96. The molecule has 3 N–H and O–H groups in total. The molecule has 1 aliphatic heterocycles. The molecule has 2 aromatic rings. The maximum absolute atomic E-state index is 11.2. The Labute approximate surface area is 133 Å². The van der Waals surface area contributed by atoms with Crippen molar-refractivity contribution in [1.29, 1.82) is 0 Å². The summed E-state index contributed by atoms with van der Waals surface area (Å²) in [6.07, 6.45) is 5.01. The average molecular weight is 317 g/mol. The van der Waals surface area contributed by atoms with Crippen LogP contribution in [0.3, 0.4) is 0 Å². The van der Waals surface area contributed by atoms with Gasteiger partial charge < -0.3 is 11.1 Å². The van der Waals surface area contributed by atoms with Crippen molar-refractivity contribution in [3.63, 3.8) is 0 Å². The molecule has 116 valence electrons. The predicted octanol–water partition coefficient (Wildman–Crippen LogP) is 2.29. The highest BCUT2D eigenvalue weighted by Gasteiger charge is 2.26. The molecule has 3 heterocycles. The molecule has 22 heavy (non-hydrogen) atoms. The van der Waals surface area contributed by atoms with Gasteiger partial charge in [0.2, 0.25) is 5.91 Å². The summed E-state index contributed by atoms with van der Waals surface area (Å²) in [5.41, 5.74) is 6.36. The Morgan fingerprint density at radius 1 is 1.45 bits per heavy atom. The normalized spacial score (nSPS) is 19.0. The summed E-state index contributed by atoms with van der Waals surface area (Å²) < 4.78 is 0. The first-order chi connectivity index (χ1) is 10.7. The first kappa shape index (κ1) is 14.9. The van der Waals surface area contributed by atoms with E-state index in [1.807, 2.05) is 18.2 Å². The molecule has 3 rings (SSSR count). The van der Waals surface area contributed by atoms with E-state index in [1.54, 1.807) is 17.5 Å². The van der Waals surface area contributed by atoms with Gasteiger partial charge in [0, 0.05) is 11.6 Å². The van der Waals surface area contributed by atoms with Crippen LogP contribution in [0, 0.1) is 0 Å². The van der Waals surface area contributed by atoms with Gasteiger partial charge in [-0.1, -0.05) is 12.5 Å². The van der Waals surface area contributed by atoms with Crippen molar-refractivity contribution in [2.24, 2.45) is 5.73 Å². The van der Waals surface area contributed by atoms with E-state index in [9.17, 15) is 4.79 Å². The van der Waals surface area contributed by atoms with Gasteiger partial charge in [-0.3, -0.25) is 9.69 Å². The van der Waals surface area contributed by atoms with Crippen LogP contribution in [0.2, 0.25) is 0 Å². The minimum absolute atomic E-state index is 0.178. The molecular weight excluding hydrogens is 298 g/mol. The second-order valence-electron chi connectivity index (χ2n) is 5.37. The van der Waals surface area contributed by atoms with Gasteiger partial charge in [-0.2, -0.15) is 0 Å². The van der Waals surface area contributed by atoms with E-state index < -0.39 is 0 Å². The van der Waals surface area contributed by atoms with E-state index in [0.717, 1.165) is 42.5 Å². The quantitative estimate of drug-likeness (QED) is 0.884. The largest absolute Gasteiger partial charge is 0.369 e. The van der Waals surface area contributed by atoms with Crippen LogP contribution in [0.1, 0.15) is 31.0 Å². The number of piperidine rings is 1. The number of carbonyl (C=O) groups is 1. The molecule has 0 spiro atoms. The molecule has 0 saturated carbocycles. The fourth-order valence-corrected chi connectivity index (χ4v) is 3.52. The minimum Gasteiger partial charge on any atom is -0.369 e. The van der Waals surface area contributed by atoms with E-state index in [0.29, 0.717) is 6.54 Å². The first-order valence-corrected chi connectivity index (χ1v) is 8.26. The number of hydrogen-bond donors (Lipinski definition) is 2. The molecule has 1 aliphatic rings. The van der Waals surface area contributed by atoms with Crippen LogP contribution in [-0.2, 0) is 4.79 Å². The van der Waals surface area contributed by atoms with E-state index in [4.69, 9.17) is 5.73 Å². The highest BCUT2D eigenvalue weighted by molar-refractivity contribution is 7.13. The van der Waals surface area contributed by atoms with Crippen LogP contribution in [0.25, 0.3) is 0 Å². The Bertz CT molecular complexity index is 630. The van der Waals surface area contributed by atoms with Crippen LogP contribution in [-0.4, -0.2) is 33.9 Å². The lowest BCUT2D eigenvalue weighted by molar-refractivity contribution is -0.120. The number of carbonyl (C=O) groups excluding carboxylic acids is 1. The van der Waals surface area contributed by atoms with Crippen molar-refractivity contribution >= 4 is 28.2 Å². The van der Waals surface area contributed by atoms with Crippen LogP contribution in [0.5, 0.6) is 0 Å². The fraction of sp³-hybridized carbons (Fsp3) is 0.400. The molecule has 1 fully saturated rings. The Hall–Kier alpha value is -1.99. The Balaban J connectivity index is 1.72. The van der Waals surface area contributed by atoms with Gasteiger partial charge in [0.05, 0.1) is 18.3 Å². The molecule has 0 bridgehead atoms. The Morgan fingerprint density at radius 2 is 2.36 bits per heavy atom. The number of thiazole rings is 1. The summed E-state index contributed by atoms with van der Waals surface area (Å²) in [6, 6.07) is 5.89. The van der Waals surface area contributed by atoms with Gasteiger partial charge in [-0.05, 0) is 31.5 Å². The van der Waals surface area contributed by atoms with Crippen molar-refractivity contribution in [3.05, 3.63) is 35.5 Å². The number of nitrogens with two attached hydrogens (primary N) is 1. The van der Waals surface area contributed by atoms with Gasteiger partial charge in [0.1, 0.15) is 5.82 Å². The number of amides is 1. The molecule has 1 atom stereocenters. The Morgan fingerprint density at radius 3 is 3.14 bits per heavy atom. The monoisotopic (exact) mass is 317 g/mol. The van der Waals surface area contributed by atoms with Gasteiger partial charge in [0.15, 0.2) is 5.13 Å². The summed E-state index contributed by atoms with van der Waals surface area (Å²) in [7, 11) is 0. The zero-order valence-corrected chi connectivity index (χ0v) is 13.1. The van der Waals surface area contributed by atoms with E-state index >= 15 is 0 Å². The Kier molecular flexibility index (Phi) is 4.65. The number of likely N-dealkylation sites (tertiary alicyclic amines) is 1. The highest BCUT2D eigenvalue weighted by atomic mass is 32.1. The molecule has 0 aliphatic carbocycles. The molecule has 2 aromatic heterocycles. The molecular formula is C15H19N5OS. The molecule has 0 aromatic carbocycles. The van der Waals surface area contributed by atoms with Crippen LogP contribution < -0.4 is 11.1 Å². The van der Waals surface area contributed by atoms with Crippen LogP contribution in [0.4, 0.5) is 10.9 Å². The van der Waals surface area contributed by atoms with Crippen molar-refractivity contribution < 1.29 is 4.79 Å². The van der Waals surface area contributed by atoms with Crippen molar-refractivity contribution in [2.75, 3.05) is 18.4 Å². The number of hydrogen-bond acceptors (Lipinski definition) is 6. The second-order valence-corrected chi connectivity index (χ2v) is 6.22. The van der Waals surface area contributed by atoms with Gasteiger partial charge in [0.25, 0.3) is 0 Å². The molecule has 1 saturated heterocycles. The molecule has 1 amide bonds. The fourth-order valence-electron chi connectivity index (χ4n) is 2.76. The van der Waals surface area contributed by atoms with Crippen molar-refractivity contribution in [1.82, 2.24) is 14.9 Å². The standard InChI is InChI=1S/C15H19N5OS/c16-13(21)9-20-8-4-2-5-12(20)11-10-22-15(18-11)19-14-6-1-3-7-17-14/h1,3,6-7,10,12H,2,4-5,8-9H2,(H2,16,21)(H,17,18,19)/t12-/m0/s1. The minimum atomic E-state index is -0.283. The maximum atomic E-state index is 11.2. The summed E-state index contributed by atoms with van der Waals surface area (Å²) in [5, 5.41) is 6.07. The first-order valence-electron chi connectivity index (χ1n) is 7.38. The third-order valence-corrected chi connectivity index (χ3v) is 4.51. The summed E-state index contributed by atoms with van der Waals surface area (Å²) in [5.74, 6) is 0.495. The smallest absolute Gasteiger partial charge is 0.231 e. The predicted molar refractivity (Wildman–Crippen MR) is 87.0 cm³/mol. The number of aromatic nitrogens is 2. The van der Waals surface area contributed by atoms with Gasteiger partial charge in [-0.15, -0.1) is 11.3 Å². The lowest BCUT2D eigenvalue weighted by Gasteiger charge is -2.33. The van der Waals surface area contributed by atoms with Crippen molar-refractivity contribution in [3.8, 4) is 0 Å². The number of nitrogens with zero attached hydrogens (tertiary/aromatic N) is 3. The van der Waals surface area contributed by atoms with Crippen LogP contribution >= 0.6 is 11.3 Å². The summed E-state index contributed by atoms with van der Waals surface area (Å²) in [6.45, 7) is 1.19. The third-order valence-electron chi connectivity index (χ3n) is 3.74. The number of rotatable bonds is 5. The highest BCUT2D eigenvalue weighted by Crippen LogP contribution is 2.32. The second kappa shape index (κ2) is 6.85. The SMILES string of the molecule is NC(=O)CN1CCCC[C@H]1c1csc(Nc2ccccn2)n1. The third kappa shape index (κ3) is 3.61. The zero-order valence-electron chi connectivity index (χ0n) is 12.2. The number of pyridine rings is 1. The summed E-state index contributed by atoms with van der Waals surface area (Å²) >= 11 is 1.55. The number of primary amides is 1. The lowest BCUT2D eigenvalue weighted by atomic mass is 10.00. The van der Waals surface area contributed by atoms with Gasteiger partial charge >= 0.3 is 0 Å². The lowest BCUT2D eigenvalue weighted by Crippen LogP contribution is -2.39.